The average Bonchev–Trinajstić information content (AvgIpc) is 3.53. The molecule has 4 saturated carbocycles. The summed E-state index contributed by atoms with van der Waals surface area (Å²) in [5, 5.41) is 149. The minimum atomic E-state index is -1.96. The van der Waals surface area contributed by atoms with Gasteiger partial charge in [-0.2, -0.15) is 0 Å². The molecule has 458 valence electrons. The first-order chi connectivity index (χ1) is 37.6. The van der Waals surface area contributed by atoms with Gasteiger partial charge in [-0.1, -0.05) is 46.3 Å². The van der Waals surface area contributed by atoms with Crippen LogP contribution in [-0.2, 0) is 52.2 Å². The topological polar surface area (TPSA) is 400 Å². The van der Waals surface area contributed by atoms with E-state index in [9.17, 15) is 81.1 Å². The number of methoxy groups -OCH3 is 1. The Hall–Kier alpha value is -2.16. The first-order valence-electron chi connectivity index (χ1n) is 28.4. The highest BCUT2D eigenvalue weighted by Gasteiger charge is 2.71. The molecule has 0 spiro atoms. The zero-order valence-corrected chi connectivity index (χ0v) is 46.6. The second-order valence-corrected chi connectivity index (χ2v) is 26.2. The van der Waals surface area contributed by atoms with Crippen molar-refractivity contribution in [1.29, 1.82) is 0 Å². The average molecular weight is 1150 g/mol. The van der Waals surface area contributed by atoms with Crippen molar-refractivity contribution < 1.29 is 124 Å². The molecule has 4 saturated heterocycles. The van der Waals surface area contributed by atoms with E-state index in [0.717, 1.165) is 18.4 Å². The predicted molar refractivity (Wildman–Crippen MR) is 269 cm³/mol. The van der Waals surface area contributed by atoms with Crippen molar-refractivity contribution in [3.63, 3.8) is 0 Å². The minimum absolute atomic E-state index is 0.0108. The van der Waals surface area contributed by atoms with E-state index in [1.807, 2.05) is 6.92 Å². The maximum Gasteiger partial charge on any atom is 0.315 e. The van der Waals surface area contributed by atoms with Crippen LogP contribution in [0.2, 0.25) is 0 Å². The molecule has 0 amide bonds. The lowest BCUT2D eigenvalue weighted by Crippen LogP contribution is -2.68. The summed E-state index contributed by atoms with van der Waals surface area (Å²) >= 11 is 0. The van der Waals surface area contributed by atoms with E-state index >= 15 is 0 Å². The first-order valence-corrected chi connectivity index (χ1v) is 28.4. The van der Waals surface area contributed by atoms with Crippen molar-refractivity contribution in [1.82, 2.24) is 0 Å². The molecule has 9 rings (SSSR count). The molecule has 5 aliphatic carbocycles. The number of carbonyl (C=O) groups is 2. The van der Waals surface area contributed by atoms with Gasteiger partial charge in [0.2, 0.25) is 6.29 Å². The number of aliphatic hydroxyl groups excluding tert-OH is 14. The van der Waals surface area contributed by atoms with E-state index in [2.05, 4.69) is 40.7 Å². The zero-order valence-electron chi connectivity index (χ0n) is 46.6. The molecular weight excluding hydrogens is 1060 g/mol. The molecule has 8 fully saturated rings. The highest BCUT2D eigenvalue weighted by Crippen LogP contribution is 2.76. The number of fused-ring (bicyclic) bond motifs is 7. The number of hydrogen-bond acceptors (Lipinski definition) is 25. The Morgan fingerprint density at radius 3 is 1.55 bits per heavy atom. The summed E-state index contributed by atoms with van der Waals surface area (Å²) in [6.07, 6.45) is -27.4. The van der Waals surface area contributed by atoms with E-state index in [0.29, 0.717) is 38.5 Å². The quantitative estimate of drug-likeness (QED) is 0.0500. The second-order valence-electron chi connectivity index (χ2n) is 26.2. The molecular formula is C55H88O25. The van der Waals surface area contributed by atoms with Crippen LogP contribution < -0.4 is 0 Å². The molecule has 29 atom stereocenters. The third-order valence-electron chi connectivity index (χ3n) is 21.9. The molecule has 9 aliphatic rings. The molecule has 25 heteroatoms. The third kappa shape index (κ3) is 9.93. The fourth-order valence-corrected chi connectivity index (χ4v) is 16.8. The van der Waals surface area contributed by atoms with Gasteiger partial charge in [0.05, 0.1) is 50.5 Å². The van der Waals surface area contributed by atoms with Crippen LogP contribution in [0.3, 0.4) is 0 Å². The highest BCUT2D eigenvalue weighted by molar-refractivity contribution is 5.81. The monoisotopic (exact) mass is 1150 g/mol. The molecule has 0 aromatic rings. The van der Waals surface area contributed by atoms with Crippen LogP contribution >= 0.6 is 0 Å². The SMILES string of the molecule is COC(=O)[C@@]1(C)CC[C@]2(C(=O)O[C@@H]3O[C@H](CO)[C@@H](O)[C@H](O)[C@H]3O)CC[C@@]3(C)C(=CC[C@@H]4[C@@]5(C)CC[C@H](O[C@@H]6O[C@H](CO)[C@@H](O[C@@H]7O[C@H](CO)[C@H](O)[C@H](O)[C@H]7O)[C@H](O[C@@H]7O[C@H](CO)[C@@H](O)[C@H](O)[C@H]7O)[C@H]6O)C(C)(C)[C@@H]5CC[C@]43C)[C@@H]2C1. The lowest BCUT2D eigenvalue weighted by Gasteiger charge is -2.71. The summed E-state index contributed by atoms with van der Waals surface area (Å²) in [4.78, 5) is 28.5. The number of esters is 2. The van der Waals surface area contributed by atoms with E-state index in [4.69, 9.17) is 42.6 Å². The van der Waals surface area contributed by atoms with Gasteiger partial charge in [0.15, 0.2) is 18.9 Å². The van der Waals surface area contributed by atoms with Crippen LogP contribution in [0.4, 0.5) is 0 Å². The van der Waals surface area contributed by atoms with Crippen molar-refractivity contribution in [2.24, 2.45) is 50.2 Å². The highest BCUT2D eigenvalue weighted by atomic mass is 16.8. The lowest BCUT2D eigenvalue weighted by molar-refractivity contribution is -0.393. The molecule has 0 aromatic heterocycles. The van der Waals surface area contributed by atoms with Gasteiger partial charge in [-0.25, -0.2) is 0 Å². The van der Waals surface area contributed by atoms with Crippen LogP contribution in [0, 0.1) is 50.2 Å². The zero-order chi connectivity index (χ0) is 58.6. The van der Waals surface area contributed by atoms with Gasteiger partial charge in [0, 0.05) is 0 Å². The smallest absolute Gasteiger partial charge is 0.315 e. The van der Waals surface area contributed by atoms with Gasteiger partial charge >= 0.3 is 11.9 Å². The fraction of sp³-hybridized carbons (Fsp3) is 0.927. The third-order valence-corrected chi connectivity index (χ3v) is 21.9. The number of hydrogen-bond donors (Lipinski definition) is 14. The standard InChI is InChI=1S/C55H88O25/c1-50(2)29-10-13-54(6)30(9-8-23-24-18-51(3,48(70)72-7)14-16-55(24,17-15-53(23,54)5)49(71)80-46-40(68)37(65)34(62)27(21-58)75-46)52(29,4)12-11-31(50)77-47-41(69)43(79-45-39(67)36(64)33(61)26(20-57)74-45)42(28(22-59)76-47)78-44-38(66)35(63)32(60)25(19-56)73-44/h8,24-47,56-69H,9-22H2,1-7H3/t24-,25+,26+,27+,28+,29-,30+,31-,32-,33+,34+,35-,36-,37-,38+,39+,40+,41+,42+,43+,44-,45-,46-,47-,51-,52-,53-,54+,55-/m0/s1. The Morgan fingerprint density at radius 1 is 0.525 bits per heavy atom. The predicted octanol–water partition coefficient (Wildman–Crippen LogP) is -2.88. The number of rotatable bonds is 13. The molecule has 0 unspecified atom stereocenters. The van der Waals surface area contributed by atoms with Crippen LogP contribution in [-0.4, -0.2) is 246 Å². The van der Waals surface area contributed by atoms with Crippen LogP contribution in [0.25, 0.3) is 0 Å². The molecule has 14 N–H and O–H groups in total. The fourth-order valence-electron chi connectivity index (χ4n) is 16.8. The van der Waals surface area contributed by atoms with E-state index in [1.54, 1.807) is 0 Å². The maximum atomic E-state index is 14.9. The number of allylic oxidation sites excluding steroid dienone is 2. The van der Waals surface area contributed by atoms with Gasteiger partial charge in [-0.15, -0.1) is 0 Å². The Balaban J connectivity index is 0.981. The summed E-state index contributed by atoms with van der Waals surface area (Å²) in [6.45, 7) is 9.84. The number of aliphatic hydroxyl groups is 14. The van der Waals surface area contributed by atoms with Gasteiger partial charge in [-0.3, -0.25) is 9.59 Å². The Bertz CT molecular complexity index is 2230. The summed E-state index contributed by atoms with van der Waals surface area (Å²) < 4.78 is 53.6. The molecule has 4 heterocycles. The molecule has 0 radical (unpaired) electrons. The first kappa shape index (κ1) is 62.4. The van der Waals surface area contributed by atoms with E-state index in [1.165, 1.54) is 7.11 Å². The van der Waals surface area contributed by atoms with Gasteiger partial charge in [-0.05, 0) is 111 Å². The van der Waals surface area contributed by atoms with Crippen molar-refractivity contribution in [2.75, 3.05) is 33.5 Å². The Morgan fingerprint density at radius 2 is 1.01 bits per heavy atom. The minimum Gasteiger partial charge on any atom is -0.469 e. The normalized spacial score (nSPS) is 53.0. The Kier molecular flexibility index (Phi) is 17.9. The van der Waals surface area contributed by atoms with Crippen molar-refractivity contribution >= 4 is 11.9 Å². The molecule has 25 nitrogen and oxygen atoms in total. The Labute approximate surface area is 464 Å². The van der Waals surface area contributed by atoms with Crippen molar-refractivity contribution in [2.45, 2.75) is 235 Å². The van der Waals surface area contributed by atoms with E-state index in [-0.39, 0.29) is 35.5 Å². The van der Waals surface area contributed by atoms with Crippen LogP contribution in [0.15, 0.2) is 11.6 Å². The van der Waals surface area contributed by atoms with Crippen molar-refractivity contribution in [3.05, 3.63) is 11.6 Å². The molecule has 0 bridgehead atoms. The van der Waals surface area contributed by atoms with Crippen LogP contribution in [0.5, 0.6) is 0 Å². The van der Waals surface area contributed by atoms with Gasteiger partial charge in [0.1, 0.15) is 97.7 Å². The second kappa shape index (κ2) is 22.9. The largest absolute Gasteiger partial charge is 0.469 e. The van der Waals surface area contributed by atoms with Gasteiger partial charge < -0.3 is 114 Å². The molecule has 80 heavy (non-hydrogen) atoms. The number of carbonyl (C=O) groups excluding carboxylic acids is 2. The summed E-state index contributed by atoms with van der Waals surface area (Å²) in [5.74, 6) is -1.45. The summed E-state index contributed by atoms with van der Waals surface area (Å²) in [7, 11) is 1.34. The maximum absolute atomic E-state index is 14.9. The summed E-state index contributed by atoms with van der Waals surface area (Å²) in [5.41, 5.74) is -2.84. The summed E-state index contributed by atoms with van der Waals surface area (Å²) in [6, 6.07) is 0. The van der Waals surface area contributed by atoms with Gasteiger partial charge in [0.25, 0.3) is 0 Å². The molecule has 0 aromatic carbocycles. The van der Waals surface area contributed by atoms with E-state index < -0.39 is 195 Å². The van der Waals surface area contributed by atoms with Crippen LogP contribution in [0.1, 0.15) is 106 Å². The van der Waals surface area contributed by atoms with Crippen molar-refractivity contribution in [3.8, 4) is 0 Å². The molecule has 4 aliphatic heterocycles. The lowest BCUT2D eigenvalue weighted by atomic mass is 9.33. The number of ether oxygens (including phenoxy) is 9.